The number of methoxy groups -OCH3 is 2. The number of hydrogen-bond acceptors (Lipinski definition) is 5. The second kappa shape index (κ2) is 11.4. The molecule has 2 aromatic heterocycles. The molecule has 0 spiro atoms. The second-order valence-electron chi connectivity index (χ2n) is 9.67. The van der Waals surface area contributed by atoms with Gasteiger partial charge < -0.3 is 9.47 Å². The first-order valence-electron chi connectivity index (χ1n) is 13.4. The van der Waals surface area contributed by atoms with Crippen LogP contribution < -0.4 is 9.47 Å². The highest BCUT2D eigenvalue weighted by Crippen LogP contribution is 2.35. The van der Waals surface area contributed by atoms with E-state index >= 15 is 0 Å². The van der Waals surface area contributed by atoms with Crippen molar-refractivity contribution in [2.45, 2.75) is 4.90 Å². The zero-order chi connectivity index (χ0) is 29.1. The minimum atomic E-state index is -3.93. The van der Waals surface area contributed by atoms with E-state index in [1.54, 1.807) is 50.7 Å². The zero-order valence-corrected chi connectivity index (χ0v) is 24.0. The van der Waals surface area contributed by atoms with Crippen LogP contribution in [0.1, 0.15) is 22.3 Å². The Balaban J connectivity index is 1.53. The lowest BCUT2D eigenvalue weighted by atomic mass is 10.0. The van der Waals surface area contributed by atoms with Gasteiger partial charge in [-0.15, -0.1) is 0 Å². The molecule has 2 heterocycles. The number of benzene rings is 4. The summed E-state index contributed by atoms with van der Waals surface area (Å²) >= 11 is 0. The number of hydrogen-bond donors (Lipinski definition) is 0. The van der Waals surface area contributed by atoms with Gasteiger partial charge in [0.15, 0.2) is 5.65 Å². The van der Waals surface area contributed by atoms with E-state index in [-0.39, 0.29) is 4.90 Å². The van der Waals surface area contributed by atoms with Crippen molar-refractivity contribution in [1.29, 1.82) is 0 Å². The van der Waals surface area contributed by atoms with Gasteiger partial charge in [-0.3, -0.25) is 0 Å². The molecule has 0 unspecified atom stereocenters. The number of fused-ring (bicyclic) bond motifs is 3. The third kappa shape index (κ3) is 5.18. The Morgan fingerprint density at radius 2 is 1.24 bits per heavy atom. The van der Waals surface area contributed by atoms with Gasteiger partial charge in [0.25, 0.3) is 10.0 Å². The summed E-state index contributed by atoms with van der Waals surface area (Å²) in [4.78, 5) is 4.79. The van der Waals surface area contributed by atoms with Crippen molar-refractivity contribution in [3.63, 3.8) is 0 Å². The van der Waals surface area contributed by atoms with E-state index in [1.165, 1.54) is 3.97 Å². The number of nitrogens with zero attached hydrogens (tertiary/aromatic N) is 2. The van der Waals surface area contributed by atoms with Crippen LogP contribution in [0.15, 0.2) is 114 Å². The summed E-state index contributed by atoms with van der Waals surface area (Å²) in [5, 5.41) is 1.56. The molecular formula is C35H28N2O4S. The first-order chi connectivity index (χ1) is 20.5. The third-order valence-corrected chi connectivity index (χ3v) is 8.82. The van der Waals surface area contributed by atoms with Crippen molar-refractivity contribution in [3.8, 4) is 11.5 Å². The number of ether oxygens (including phenoxy) is 2. The van der Waals surface area contributed by atoms with E-state index in [9.17, 15) is 8.42 Å². The van der Waals surface area contributed by atoms with E-state index in [0.29, 0.717) is 11.2 Å². The predicted molar refractivity (Wildman–Crippen MR) is 170 cm³/mol. The molecule has 0 aliphatic carbocycles. The summed E-state index contributed by atoms with van der Waals surface area (Å²) in [6.45, 7) is 0. The first kappa shape index (κ1) is 27.1. The fourth-order valence-electron chi connectivity index (χ4n) is 4.93. The summed E-state index contributed by atoms with van der Waals surface area (Å²) in [6.07, 6.45) is 9.67. The Morgan fingerprint density at radius 3 is 1.86 bits per heavy atom. The van der Waals surface area contributed by atoms with Crippen LogP contribution >= 0.6 is 0 Å². The van der Waals surface area contributed by atoms with Gasteiger partial charge in [0.05, 0.1) is 24.6 Å². The van der Waals surface area contributed by atoms with Crippen molar-refractivity contribution in [1.82, 2.24) is 8.96 Å². The molecule has 4 aromatic carbocycles. The molecule has 0 saturated carbocycles. The molecular weight excluding hydrogens is 544 g/mol. The van der Waals surface area contributed by atoms with Crippen LogP contribution in [-0.2, 0) is 10.0 Å². The number of pyridine rings is 1. The molecule has 42 heavy (non-hydrogen) atoms. The number of rotatable bonds is 8. The average molecular weight is 573 g/mol. The standard InChI is InChI=1S/C35H28N2O4S/c1-40-29-17-11-25(12-18-29)8-9-27-15-21-33-32(24-27)34-28(16-10-26-13-19-30(41-2)20-14-26)22-23-36-35(34)37(33)42(38,39)31-6-4-3-5-7-31/h3-24H,1-2H3. The highest BCUT2D eigenvalue weighted by molar-refractivity contribution is 7.90. The summed E-state index contributed by atoms with van der Waals surface area (Å²) in [7, 11) is -0.649. The van der Waals surface area contributed by atoms with Crippen molar-refractivity contribution in [2.24, 2.45) is 0 Å². The Labute approximate surface area is 244 Å². The SMILES string of the molecule is COc1ccc(C=Cc2ccc3c(c2)c2c(C=Cc4ccc(OC)cc4)ccnc2n3S(=O)(=O)c2ccccc2)cc1. The fraction of sp³-hybridized carbons (Fsp3) is 0.0571. The lowest BCUT2D eigenvalue weighted by Gasteiger charge is -2.09. The van der Waals surface area contributed by atoms with Crippen LogP contribution in [0.4, 0.5) is 0 Å². The molecule has 208 valence electrons. The van der Waals surface area contributed by atoms with Crippen LogP contribution in [0.25, 0.3) is 46.2 Å². The topological polar surface area (TPSA) is 70.4 Å². The van der Waals surface area contributed by atoms with Crippen molar-refractivity contribution < 1.29 is 17.9 Å². The Kier molecular flexibility index (Phi) is 7.33. The van der Waals surface area contributed by atoms with Crippen molar-refractivity contribution in [2.75, 3.05) is 14.2 Å². The Bertz CT molecular complexity index is 2040. The van der Waals surface area contributed by atoms with Gasteiger partial charge in [-0.2, -0.15) is 0 Å². The molecule has 0 atom stereocenters. The smallest absolute Gasteiger partial charge is 0.269 e. The molecule has 0 amide bonds. The maximum Gasteiger partial charge on any atom is 0.269 e. The summed E-state index contributed by atoms with van der Waals surface area (Å²) < 4.78 is 39.9. The molecule has 0 aliphatic heterocycles. The molecule has 0 bridgehead atoms. The van der Waals surface area contributed by atoms with Crippen LogP contribution in [0.5, 0.6) is 11.5 Å². The van der Waals surface area contributed by atoms with E-state index in [2.05, 4.69) is 4.98 Å². The van der Waals surface area contributed by atoms with Gasteiger partial charge in [-0.05, 0) is 76.9 Å². The van der Waals surface area contributed by atoms with Gasteiger partial charge in [-0.25, -0.2) is 17.4 Å². The van der Waals surface area contributed by atoms with Gasteiger partial charge in [0, 0.05) is 17.0 Å². The lowest BCUT2D eigenvalue weighted by molar-refractivity contribution is 0.414. The third-order valence-electron chi connectivity index (χ3n) is 7.10. The maximum atomic E-state index is 14.0. The minimum Gasteiger partial charge on any atom is -0.497 e. The Morgan fingerprint density at radius 1 is 0.667 bits per heavy atom. The van der Waals surface area contributed by atoms with Crippen molar-refractivity contribution in [3.05, 3.63) is 132 Å². The normalized spacial score (nSPS) is 12.0. The van der Waals surface area contributed by atoms with Crippen LogP contribution in [0, 0.1) is 0 Å². The zero-order valence-electron chi connectivity index (χ0n) is 23.1. The predicted octanol–water partition coefficient (Wildman–Crippen LogP) is 7.78. The van der Waals surface area contributed by atoms with E-state index < -0.39 is 10.0 Å². The molecule has 0 radical (unpaired) electrons. The molecule has 0 fully saturated rings. The van der Waals surface area contributed by atoms with Crippen LogP contribution in [0.3, 0.4) is 0 Å². The molecule has 6 aromatic rings. The Hall–Kier alpha value is -5.14. The quantitative estimate of drug-likeness (QED) is 0.174. The average Bonchev–Trinajstić information content (AvgIpc) is 3.38. The first-order valence-corrected chi connectivity index (χ1v) is 14.8. The lowest BCUT2D eigenvalue weighted by Crippen LogP contribution is -2.13. The fourth-order valence-corrected chi connectivity index (χ4v) is 6.43. The molecule has 0 saturated heterocycles. The van der Waals surface area contributed by atoms with Gasteiger partial charge in [0.2, 0.25) is 0 Å². The highest BCUT2D eigenvalue weighted by Gasteiger charge is 2.25. The van der Waals surface area contributed by atoms with E-state index in [1.807, 2.05) is 97.1 Å². The van der Waals surface area contributed by atoms with Gasteiger partial charge >= 0.3 is 0 Å². The van der Waals surface area contributed by atoms with Crippen molar-refractivity contribution >= 4 is 56.3 Å². The second-order valence-corrected chi connectivity index (χ2v) is 11.5. The maximum absolute atomic E-state index is 14.0. The molecule has 7 heteroatoms. The molecule has 6 rings (SSSR count). The monoisotopic (exact) mass is 572 g/mol. The highest BCUT2D eigenvalue weighted by atomic mass is 32.2. The molecule has 0 aliphatic rings. The van der Waals surface area contributed by atoms with Crippen LogP contribution in [-0.4, -0.2) is 31.6 Å². The van der Waals surface area contributed by atoms with Gasteiger partial charge in [-0.1, -0.05) is 72.8 Å². The summed E-state index contributed by atoms with van der Waals surface area (Å²) in [6, 6.07) is 31.7. The largest absolute Gasteiger partial charge is 0.497 e. The van der Waals surface area contributed by atoms with Crippen LogP contribution in [0.2, 0.25) is 0 Å². The minimum absolute atomic E-state index is 0.202. The van der Waals surface area contributed by atoms with Gasteiger partial charge in [0.1, 0.15) is 11.5 Å². The summed E-state index contributed by atoms with van der Waals surface area (Å²) in [5.74, 6) is 1.58. The van der Waals surface area contributed by atoms with E-state index in [0.717, 1.165) is 44.5 Å². The summed E-state index contributed by atoms with van der Waals surface area (Å²) in [5.41, 5.74) is 4.75. The van der Waals surface area contributed by atoms with E-state index in [4.69, 9.17) is 9.47 Å². The number of aromatic nitrogens is 2. The molecule has 6 nitrogen and oxygen atoms in total. The molecule has 0 N–H and O–H groups in total.